The first-order valence-corrected chi connectivity index (χ1v) is 6.64. The summed E-state index contributed by atoms with van der Waals surface area (Å²) < 4.78 is 1.83. The minimum absolute atomic E-state index is 0.133. The molecule has 0 saturated carbocycles. The van der Waals surface area contributed by atoms with Gasteiger partial charge in [0.1, 0.15) is 11.3 Å². The Balaban J connectivity index is 1.79. The molecule has 0 spiro atoms. The molecule has 19 heavy (non-hydrogen) atoms. The molecule has 2 heterocycles. The average molecular weight is 261 g/mol. The highest BCUT2D eigenvalue weighted by Crippen LogP contribution is 2.04. The maximum atomic E-state index is 11.9. The molecule has 0 unspecified atom stereocenters. The highest BCUT2D eigenvalue weighted by molar-refractivity contribution is 5.92. The van der Waals surface area contributed by atoms with Crippen molar-refractivity contribution < 1.29 is 9.90 Å². The van der Waals surface area contributed by atoms with Gasteiger partial charge < -0.3 is 14.8 Å². The molecule has 0 radical (unpaired) electrons. The molecule has 0 aliphatic carbocycles. The summed E-state index contributed by atoms with van der Waals surface area (Å²) >= 11 is 0. The minimum Gasteiger partial charge on any atom is -0.396 e. The molecule has 0 aliphatic heterocycles. The second-order valence-corrected chi connectivity index (χ2v) is 4.49. The van der Waals surface area contributed by atoms with Crippen LogP contribution in [0, 0.1) is 0 Å². The zero-order valence-electron chi connectivity index (χ0n) is 10.9. The van der Waals surface area contributed by atoms with Crippen molar-refractivity contribution in [3.8, 4) is 0 Å². The van der Waals surface area contributed by atoms with E-state index < -0.39 is 0 Å². The van der Waals surface area contributed by atoms with Crippen LogP contribution in [0.1, 0.15) is 36.2 Å². The maximum absolute atomic E-state index is 11.9. The van der Waals surface area contributed by atoms with E-state index in [1.807, 2.05) is 28.8 Å². The monoisotopic (exact) mass is 261 g/mol. The van der Waals surface area contributed by atoms with E-state index in [9.17, 15) is 4.79 Å². The summed E-state index contributed by atoms with van der Waals surface area (Å²) in [5, 5.41) is 11.5. The Bertz CT molecular complexity index is 503. The first-order valence-electron chi connectivity index (χ1n) is 6.64. The molecule has 2 aromatic rings. The molecule has 0 aliphatic rings. The van der Waals surface area contributed by atoms with Gasteiger partial charge in [-0.15, -0.1) is 0 Å². The molecule has 5 heteroatoms. The Hall–Kier alpha value is -1.88. The number of carbonyl (C=O) groups is 1. The topological polar surface area (TPSA) is 66.6 Å². The molecule has 2 rings (SSSR count). The van der Waals surface area contributed by atoms with E-state index in [1.165, 1.54) is 0 Å². The van der Waals surface area contributed by atoms with Crippen LogP contribution < -0.4 is 5.32 Å². The Morgan fingerprint density at radius 1 is 1.26 bits per heavy atom. The zero-order chi connectivity index (χ0) is 13.5. The lowest BCUT2D eigenvalue weighted by molar-refractivity contribution is 0.0948. The van der Waals surface area contributed by atoms with Crippen molar-refractivity contribution in [2.45, 2.75) is 25.7 Å². The number of amides is 1. The summed E-state index contributed by atoms with van der Waals surface area (Å²) in [6.07, 6.45) is 7.39. The lowest BCUT2D eigenvalue weighted by atomic mass is 10.2. The van der Waals surface area contributed by atoms with E-state index in [-0.39, 0.29) is 12.5 Å². The van der Waals surface area contributed by atoms with Crippen molar-refractivity contribution >= 4 is 11.6 Å². The number of aliphatic hydroxyl groups is 1. The second-order valence-electron chi connectivity index (χ2n) is 4.49. The minimum atomic E-state index is -0.133. The van der Waals surface area contributed by atoms with Crippen LogP contribution in [0.2, 0.25) is 0 Å². The molecule has 0 fully saturated rings. The van der Waals surface area contributed by atoms with Crippen LogP contribution in [-0.2, 0) is 0 Å². The van der Waals surface area contributed by atoms with Crippen molar-refractivity contribution in [1.82, 2.24) is 14.7 Å². The van der Waals surface area contributed by atoms with Gasteiger partial charge in [-0.05, 0) is 25.0 Å². The van der Waals surface area contributed by atoms with Gasteiger partial charge in [-0.3, -0.25) is 4.79 Å². The van der Waals surface area contributed by atoms with Crippen LogP contribution in [0.4, 0.5) is 0 Å². The number of fused-ring (bicyclic) bond motifs is 1. The molecule has 2 N–H and O–H groups in total. The van der Waals surface area contributed by atoms with Crippen LogP contribution in [-0.4, -0.2) is 33.6 Å². The van der Waals surface area contributed by atoms with Gasteiger partial charge in [0, 0.05) is 25.5 Å². The van der Waals surface area contributed by atoms with Crippen molar-refractivity contribution in [2.75, 3.05) is 13.2 Å². The van der Waals surface area contributed by atoms with E-state index in [2.05, 4.69) is 10.3 Å². The third-order valence-corrected chi connectivity index (χ3v) is 2.97. The summed E-state index contributed by atoms with van der Waals surface area (Å²) in [4.78, 5) is 16.1. The van der Waals surface area contributed by atoms with Gasteiger partial charge >= 0.3 is 0 Å². The van der Waals surface area contributed by atoms with Crippen LogP contribution in [0.15, 0.2) is 30.6 Å². The summed E-state index contributed by atoms with van der Waals surface area (Å²) in [6.45, 7) is 0.895. The highest BCUT2D eigenvalue weighted by Gasteiger charge is 2.09. The number of pyridine rings is 1. The number of carbonyl (C=O) groups excluding carboxylic acids is 1. The first kappa shape index (κ1) is 13.5. The number of unbranched alkanes of at least 4 members (excludes halogenated alkanes) is 3. The normalized spacial score (nSPS) is 10.8. The predicted octanol–water partition coefficient (Wildman–Crippen LogP) is 1.62. The lowest BCUT2D eigenvalue weighted by Crippen LogP contribution is -2.24. The second kappa shape index (κ2) is 6.89. The number of aliphatic hydroxyl groups excluding tert-OH is 1. The van der Waals surface area contributed by atoms with E-state index in [0.717, 1.165) is 31.3 Å². The van der Waals surface area contributed by atoms with Gasteiger partial charge in [-0.25, -0.2) is 4.98 Å². The molecule has 5 nitrogen and oxygen atoms in total. The van der Waals surface area contributed by atoms with Crippen LogP contribution in [0.5, 0.6) is 0 Å². The molecule has 2 aromatic heterocycles. The van der Waals surface area contributed by atoms with Gasteiger partial charge in [0.25, 0.3) is 5.91 Å². The number of imidazole rings is 1. The van der Waals surface area contributed by atoms with Crippen molar-refractivity contribution in [3.63, 3.8) is 0 Å². The van der Waals surface area contributed by atoms with Gasteiger partial charge in [0.15, 0.2) is 0 Å². The van der Waals surface area contributed by atoms with Gasteiger partial charge in [-0.1, -0.05) is 18.9 Å². The van der Waals surface area contributed by atoms with E-state index in [1.54, 1.807) is 6.20 Å². The standard InChI is InChI=1S/C14H19N3O2/c18-10-6-2-1-4-8-15-14(19)12-11-17-9-5-3-7-13(17)16-12/h3,5,7,9,11,18H,1-2,4,6,8,10H2,(H,15,19). The van der Waals surface area contributed by atoms with Crippen molar-refractivity contribution in [3.05, 3.63) is 36.3 Å². The fourth-order valence-corrected chi connectivity index (χ4v) is 1.93. The first-order chi connectivity index (χ1) is 9.31. The number of nitrogens with one attached hydrogen (secondary N) is 1. The number of hydrogen-bond donors (Lipinski definition) is 2. The Morgan fingerprint density at radius 3 is 2.89 bits per heavy atom. The van der Waals surface area contributed by atoms with E-state index in [0.29, 0.717) is 12.2 Å². The summed E-state index contributed by atoms with van der Waals surface area (Å²) in [6, 6.07) is 5.66. The van der Waals surface area contributed by atoms with Crippen LogP contribution >= 0.6 is 0 Å². The molecular formula is C14H19N3O2. The predicted molar refractivity (Wildman–Crippen MR) is 73.1 cm³/mol. The third kappa shape index (κ3) is 3.79. The molecular weight excluding hydrogens is 242 g/mol. The number of nitrogens with zero attached hydrogens (tertiary/aromatic N) is 2. The van der Waals surface area contributed by atoms with Crippen molar-refractivity contribution in [2.24, 2.45) is 0 Å². The smallest absolute Gasteiger partial charge is 0.271 e. The SMILES string of the molecule is O=C(NCCCCCCO)c1cn2ccccc2n1. The van der Waals surface area contributed by atoms with Gasteiger partial charge in [0.2, 0.25) is 0 Å². The maximum Gasteiger partial charge on any atom is 0.271 e. The zero-order valence-corrected chi connectivity index (χ0v) is 10.9. The number of rotatable bonds is 7. The Labute approximate surface area is 112 Å². The van der Waals surface area contributed by atoms with Gasteiger partial charge in [-0.2, -0.15) is 0 Å². The molecule has 0 bridgehead atoms. The summed E-state index contributed by atoms with van der Waals surface area (Å²) in [5.74, 6) is -0.133. The molecule has 102 valence electrons. The summed E-state index contributed by atoms with van der Waals surface area (Å²) in [7, 11) is 0. The van der Waals surface area contributed by atoms with Crippen LogP contribution in [0.3, 0.4) is 0 Å². The Morgan fingerprint density at radius 2 is 2.11 bits per heavy atom. The van der Waals surface area contributed by atoms with Crippen LogP contribution in [0.25, 0.3) is 5.65 Å². The molecule has 0 saturated heterocycles. The molecule has 1 amide bonds. The fourth-order valence-electron chi connectivity index (χ4n) is 1.93. The van der Waals surface area contributed by atoms with Gasteiger partial charge in [0.05, 0.1) is 0 Å². The average Bonchev–Trinajstić information content (AvgIpc) is 2.86. The Kier molecular flexibility index (Phi) is 4.92. The number of hydrogen-bond acceptors (Lipinski definition) is 3. The lowest BCUT2D eigenvalue weighted by Gasteiger charge is -2.02. The van der Waals surface area contributed by atoms with Crippen molar-refractivity contribution in [1.29, 1.82) is 0 Å². The molecule has 0 aromatic carbocycles. The summed E-state index contributed by atoms with van der Waals surface area (Å²) in [5.41, 5.74) is 1.22. The molecule has 0 atom stereocenters. The number of aromatic nitrogens is 2. The van der Waals surface area contributed by atoms with E-state index in [4.69, 9.17) is 5.11 Å². The van der Waals surface area contributed by atoms with E-state index >= 15 is 0 Å². The fraction of sp³-hybridized carbons (Fsp3) is 0.429. The third-order valence-electron chi connectivity index (χ3n) is 2.97. The highest BCUT2D eigenvalue weighted by atomic mass is 16.2. The largest absolute Gasteiger partial charge is 0.396 e. The quantitative estimate of drug-likeness (QED) is 0.744.